The summed E-state index contributed by atoms with van der Waals surface area (Å²) in [7, 11) is 0. The third-order valence-electron chi connectivity index (χ3n) is 3.03. The van der Waals surface area contributed by atoms with Crippen molar-refractivity contribution in [1.29, 1.82) is 5.26 Å². The molecule has 0 aromatic heterocycles. The van der Waals surface area contributed by atoms with Gasteiger partial charge in [0.25, 0.3) is 0 Å². The SMILES string of the molecule is Cc1cc(N)ccc1C(=O)OCc1cccc(C#N)c1F. The van der Waals surface area contributed by atoms with Crippen LogP contribution in [-0.4, -0.2) is 5.97 Å². The van der Waals surface area contributed by atoms with Gasteiger partial charge in [-0.2, -0.15) is 5.26 Å². The van der Waals surface area contributed by atoms with E-state index in [1.54, 1.807) is 37.3 Å². The maximum Gasteiger partial charge on any atom is 0.338 e. The zero-order valence-electron chi connectivity index (χ0n) is 11.4. The third-order valence-corrected chi connectivity index (χ3v) is 3.03. The van der Waals surface area contributed by atoms with Crippen LogP contribution in [0.3, 0.4) is 0 Å². The second-order valence-electron chi connectivity index (χ2n) is 4.54. The van der Waals surface area contributed by atoms with E-state index in [4.69, 9.17) is 15.7 Å². The molecule has 2 aromatic carbocycles. The number of anilines is 1. The standard InChI is InChI=1S/C16H13FN2O2/c1-10-7-13(19)5-6-14(10)16(20)21-9-12-4-2-3-11(8-18)15(12)17/h2-7H,9,19H2,1H3. The number of nitrogens with two attached hydrogens (primary N) is 1. The van der Waals surface area contributed by atoms with Crippen molar-refractivity contribution in [3.8, 4) is 6.07 Å². The van der Waals surface area contributed by atoms with Gasteiger partial charge in [-0.15, -0.1) is 0 Å². The molecule has 2 aromatic rings. The molecule has 106 valence electrons. The van der Waals surface area contributed by atoms with E-state index in [9.17, 15) is 9.18 Å². The van der Waals surface area contributed by atoms with Gasteiger partial charge < -0.3 is 10.5 Å². The summed E-state index contributed by atoms with van der Waals surface area (Å²) in [5.74, 6) is -1.23. The zero-order valence-corrected chi connectivity index (χ0v) is 11.4. The number of benzene rings is 2. The van der Waals surface area contributed by atoms with Crippen LogP contribution in [0.25, 0.3) is 0 Å². The number of halogens is 1. The summed E-state index contributed by atoms with van der Waals surface area (Å²) in [6, 6.07) is 10.9. The number of esters is 1. The lowest BCUT2D eigenvalue weighted by Crippen LogP contribution is -2.08. The van der Waals surface area contributed by atoms with E-state index in [1.807, 2.05) is 0 Å². The molecule has 21 heavy (non-hydrogen) atoms. The molecule has 0 spiro atoms. The van der Waals surface area contributed by atoms with Crippen LogP contribution in [-0.2, 0) is 11.3 Å². The lowest BCUT2D eigenvalue weighted by Gasteiger charge is -2.09. The van der Waals surface area contributed by atoms with E-state index in [-0.39, 0.29) is 17.7 Å². The number of nitrogen functional groups attached to an aromatic ring is 1. The fourth-order valence-corrected chi connectivity index (χ4v) is 1.91. The Labute approximate surface area is 121 Å². The lowest BCUT2D eigenvalue weighted by atomic mass is 10.1. The highest BCUT2D eigenvalue weighted by molar-refractivity contribution is 5.91. The normalized spacial score (nSPS) is 9.95. The minimum Gasteiger partial charge on any atom is -0.457 e. The molecule has 0 saturated carbocycles. The van der Waals surface area contributed by atoms with Crippen molar-refractivity contribution in [1.82, 2.24) is 0 Å². The number of hydrogen-bond donors (Lipinski definition) is 1. The van der Waals surface area contributed by atoms with Gasteiger partial charge in [0.2, 0.25) is 0 Å². The molecule has 0 heterocycles. The predicted molar refractivity (Wildman–Crippen MR) is 75.8 cm³/mol. The highest BCUT2D eigenvalue weighted by atomic mass is 19.1. The monoisotopic (exact) mass is 284 g/mol. The highest BCUT2D eigenvalue weighted by Crippen LogP contribution is 2.16. The Balaban J connectivity index is 2.13. The van der Waals surface area contributed by atoms with Gasteiger partial charge in [-0.25, -0.2) is 9.18 Å². The molecule has 0 aliphatic rings. The zero-order chi connectivity index (χ0) is 15.4. The van der Waals surface area contributed by atoms with Crippen LogP contribution in [0.1, 0.15) is 27.0 Å². The van der Waals surface area contributed by atoms with Crippen molar-refractivity contribution in [3.05, 3.63) is 64.5 Å². The molecule has 0 atom stereocenters. The van der Waals surface area contributed by atoms with E-state index < -0.39 is 11.8 Å². The van der Waals surface area contributed by atoms with Crippen LogP contribution in [0, 0.1) is 24.1 Å². The maximum absolute atomic E-state index is 13.8. The Hall–Kier alpha value is -2.87. The first kappa shape index (κ1) is 14.5. The van der Waals surface area contributed by atoms with Crippen LogP contribution < -0.4 is 5.73 Å². The lowest BCUT2D eigenvalue weighted by molar-refractivity contribution is 0.0468. The summed E-state index contributed by atoms with van der Waals surface area (Å²) >= 11 is 0. The summed E-state index contributed by atoms with van der Waals surface area (Å²) in [5, 5.41) is 8.75. The highest BCUT2D eigenvalue weighted by Gasteiger charge is 2.13. The number of ether oxygens (including phenoxy) is 1. The molecule has 2 rings (SSSR count). The number of nitrogens with zero attached hydrogens (tertiary/aromatic N) is 1. The van der Waals surface area contributed by atoms with Crippen molar-refractivity contribution in [3.63, 3.8) is 0 Å². The smallest absolute Gasteiger partial charge is 0.338 e. The van der Waals surface area contributed by atoms with Gasteiger partial charge in [0.05, 0.1) is 11.1 Å². The second-order valence-corrected chi connectivity index (χ2v) is 4.54. The molecule has 0 fully saturated rings. The topological polar surface area (TPSA) is 76.1 Å². The molecule has 0 saturated heterocycles. The summed E-state index contributed by atoms with van der Waals surface area (Å²) in [5.41, 5.74) is 7.31. The minimum absolute atomic E-state index is 0.0767. The molecule has 0 amide bonds. The van der Waals surface area contributed by atoms with Crippen molar-refractivity contribution >= 4 is 11.7 Å². The second kappa shape index (κ2) is 6.06. The molecular weight excluding hydrogens is 271 g/mol. The number of nitriles is 1. The van der Waals surface area contributed by atoms with E-state index >= 15 is 0 Å². The van der Waals surface area contributed by atoms with E-state index in [0.717, 1.165) is 0 Å². The number of aryl methyl sites for hydroxylation is 1. The third kappa shape index (κ3) is 3.18. The summed E-state index contributed by atoms with van der Waals surface area (Å²) in [4.78, 5) is 12.0. The van der Waals surface area contributed by atoms with Crippen LogP contribution in [0.4, 0.5) is 10.1 Å². The van der Waals surface area contributed by atoms with Crippen molar-refractivity contribution in [2.45, 2.75) is 13.5 Å². The Morgan fingerprint density at radius 1 is 1.38 bits per heavy atom. The summed E-state index contributed by atoms with van der Waals surface area (Å²) < 4.78 is 18.9. The first-order valence-electron chi connectivity index (χ1n) is 6.23. The molecule has 4 nitrogen and oxygen atoms in total. The number of carbonyl (C=O) groups excluding carboxylic acids is 1. The summed E-state index contributed by atoms with van der Waals surface area (Å²) in [6.07, 6.45) is 0. The fourth-order valence-electron chi connectivity index (χ4n) is 1.91. The minimum atomic E-state index is -0.665. The molecule has 0 unspecified atom stereocenters. The summed E-state index contributed by atoms with van der Waals surface area (Å²) in [6.45, 7) is 1.51. The van der Waals surface area contributed by atoms with Gasteiger partial charge >= 0.3 is 5.97 Å². The number of carbonyl (C=O) groups is 1. The van der Waals surface area contributed by atoms with E-state index in [1.165, 1.54) is 12.1 Å². The average molecular weight is 284 g/mol. The molecular formula is C16H13FN2O2. The first-order chi connectivity index (χ1) is 10.0. The molecule has 2 N–H and O–H groups in total. The van der Waals surface area contributed by atoms with Gasteiger partial charge in [0, 0.05) is 11.3 Å². The van der Waals surface area contributed by atoms with Crippen molar-refractivity contribution in [2.75, 3.05) is 5.73 Å². The van der Waals surface area contributed by atoms with E-state index in [0.29, 0.717) is 16.8 Å². The average Bonchev–Trinajstić information content (AvgIpc) is 2.46. The Bertz CT molecular complexity index is 736. The Kier molecular flexibility index (Phi) is 4.19. The first-order valence-corrected chi connectivity index (χ1v) is 6.23. The van der Waals surface area contributed by atoms with E-state index in [2.05, 4.69) is 0 Å². The van der Waals surface area contributed by atoms with Crippen LogP contribution >= 0.6 is 0 Å². The predicted octanol–water partition coefficient (Wildman–Crippen LogP) is 2.95. The molecule has 0 radical (unpaired) electrons. The Morgan fingerprint density at radius 3 is 2.81 bits per heavy atom. The van der Waals surface area contributed by atoms with Crippen LogP contribution in [0.5, 0.6) is 0 Å². The molecule has 0 aliphatic carbocycles. The van der Waals surface area contributed by atoms with Crippen molar-refractivity contribution < 1.29 is 13.9 Å². The number of hydrogen-bond acceptors (Lipinski definition) is 4. The quantitative estimate of drug-likeness (QED) is 0.694. The number of rotatable bonds is 3. The molecule has 0 aliphatic heterocycles. The van der Waals surface area contributed by atoms with Gasteiger partial charge in [-0.1, -0.05) is 12.1 Å². The molecule has 0 bridgehead atoms. The fraction of sp³-hybridized carbons (Fsp3) is 0.125. The van der Waals surface area contributed by atoms with Gasteiger partial charge in [-0.05, 0) is 36.8 Å². The Morgan fingerprint density at radius 2 is 2.14 bits per heavy atom. The van der Waals surface area contributed by atoms with Crippen LogP contribution in [0.15, 0.2) is 36.4 Å². The van der Waals surface area contributed by atoms with Gasteiger partial charge in [0.15, 0.2) is 0 Å². The maximum atomic E-state index is 13.8. The van der Waals surface area contributed by atoms with Gasteiger partial charge in [-0.3, -0.25) is 0 Å². The van der Waals surface area contributed by atoms with Crippen molar-refractivity contribution in [2.24, 2.45) is 0 Å². The largest absolute Gasteiger partial charge is 0.457 e. The van der Waals surface area contributed by atoms with Crippen LogP contribution in [0.2, 0.25) is 0 Å². The molecule has 5 heteroatoms. The van der Waals surface area contributed by atoms with Gasteiger partial charge in [0.1, 0.15) is 18.5 Å².